The number of hydrogen-bond donors (Lipinski definition) is 1. The summed E-state index contributed by atoms with van der Waals surface area (Å²) in [6, 6.07) is 22.8. The number of hydrogen-bond acceptors (Lipinski definition) is 4. The van der Waals surface area contributed by atoms with Crippen molar-refractivity contribution in [2.45, 2.75) is 26.4 Å². The number of rotatable bonds is 8. The van der Waals surface area contributed by atoms with Crippen LogP contribution >= 0.6 is 0 Å². The summed E-state index contributed by atoms with van der Waals surface area (Å²) in [5.74, 6) is 2.25. The lowest BCUT2D eigenvalue weighted by molar-refractivity contribution is 0.0937. The van der Waals surface area contributed by atoms with Crippen LogP contribution in [-0.2, 0) is 6.54 Å². The van der Waals surface area contributed by atoms with Gasteiger partial charge in [0.15, 0.2) is 0 Å². The summed E-state index contributed by atoms with van der Waals surface area (Å²) in [6.07, 6.45) is 0. The van der Waals surface area contributed by atoms with E-state index in [9.17, 15) is 4.79 Å². The molecule has 1 atom stereocenters. The number of carbonyl (C=O) groups excluding carboxylic acids is 1. The first-order valence-electron chi connectivity index (χ1n) is 10.6. The number of imidazole rings is 1. The van der Waals surface area contributed by atoms with Crippen LogP contribution in [0.4, 0.5) is 0 Å². The molecule has 3 aromatic carbocycles. The van der Waals surface area contributed by atoms with Crippen LogP contribution in [0.3, 0.4) is 0 Å². The van der Waals surface area contributed by atoms with Crippen LogP contribution in [0.5, 0.6) is 11.5 Å². The Labute approximate surface area is 187 Å². The van der Waals surface area contributed by atoms with Crippen LogP contribution in [-0.4, -0.2) is 29.2 Å². The van der Waals surface area contributed by atoms with Crippen LogP contribution in [0.15, 0.2) is 72.8 Å². The molecule has 0 saturated heterocycles. The number of fused-ring (bicyclic) bond motifs is 1. The average molecular weight is 430 g/mol. The van der Waals surface area contributed by atoms with E-state index in [0.717, 1.165) is 33.9 Å². The van der Waals surface area contributed by atoms with Crippen LogP contribution < -0.4 is 14.8 Å². The molecular formula is C26H27N3O3. The summed E-state index contributed by atoms with van der Waals surface area (Å²) in [7, 11) is 1.64. The maximum Gasteiger partial charge on any atom is 0.251 e. The molecule has 1 amide bonds. The van der Waals surface area contributed by atoms with Gasteiger partial charge < -0.3 is 19.4 Å². The number of aryl methyl sites for hydroxylation is 1. The second-order valence-corrected chi connectivity index (χ2v) is 7.70. The van der Waals surface area contributed by atoms with Crippen molar-refractivity contribution in [3.05, 3.63) is 89.7 Å². The fourth-order valence-electron chi connectivity index (χ4n) is 3.72. The Balaban J connectivity index is 1.52. The highest BCUT2D eigenvalue weighted by molar-refractivity contribution is 5.94. The fraction of sp³-hybridized carbons (Fsp3) is 0.231. The Bertz CT molecular complexity index is 1210. The number of amides is 1. The van der Waals surface area contributed by atoms with E-state index in [0.29, 0.717) is 18.7 Å². The zero-order valence-corrected chi connectivity index (χ0v) is 18.5. The molecule has 1 N–H and O–H groups in total. The summed E-state index contributed by atoms with van der Waals surface area (Å²) < 4.78 is 13.2. The molecule has 0 bridgehead atoms. The molecule has 6 nitrogen and oxygen atoms in total. The molecule has 1 unspecified atom stereocenters. The SMILES string of the molecule is COc1ccc(OCCn2c(C(C)NC(=O)c3cccc(C)c3)nc3ccccc32)cc1. The van der Waals surface area contributed by atoms with Crippen molar-refractivity contribution in [3.63, 3.8) is 0 Å². The summed E-state index contributed by atoms with van der Waals surface area (Å²) >= 11 is 0. The Kier molecular flexibility index (Phi) is 6.40. The predicted molar refractivity (Wildman–Crippen MR) is 125 cm³/mol. The molecular weight excluding hydrogens is 402 g/mol. The largest absolute Gasteiger partial charge is 0.497 e. The Morgan fingerprint density at radius 2 is 1.78 bits per heavy atom. The van der Waals surface area contributed by atoms with Crippen molar-refractivity contribution in [1.82, 2.24) is 14.9 Å². The highest BCUT2D eigenvalue weighted by Gasteiger charge is 2.19. The normalized spacial score (nSPS) is 11.8. The number of aromatic nitrogens is 2. The smallest absolute Gasteiger partial charge is 0.251 e. The van der Waals surface area contributed by atoms with Crippen molar-refractivity contribution >= 4 is 16.9 Å². The minimum atomic E-state index is -0.267. The van der Waals surface area contributed by atoms with E-state index in [1.807, 2.05) is 86.6 Å². The van der Waals surface area contributed by atoms with Gasteiger partial charge in [-0.2, -0.15) is 0 Å². The predicted octanol–water partition coefficient (Wildman–Crippen LogP) is 4.92. The molecule has 0 fully saturated rings. The lowest BCUT2D eigenvalue weighted by Crippen LogP contribution is -2.29. The quantitative estimate of drug-likeness (QED) is 0.432. The van der Waals surface area contributed by atoms with Gasteiger partial charge in [-0.15, -0.1) is 0 Å². The van der Waals surface area contributed by atoms with Crippen molar-refractivity contribution < 1.29 is 14.3 Å². The van der Waals surface area contributed by atoms with Gasteiger partial charge in [-0.25, -0.2) is 4.98 Å². The Morgan fingerprint density at radius 3 is 2.53 bits per heavy atom. The standard InChI is InChI=1S/C26H27N3O3/c1-18-7-6-8-20(17-18)26(30)27-19(2)25-28-23-9-4-5-10-24(23)29(25)15-16-32-22-13-11-21(31-3)12-14-22/h4-14,17,19H,15-16H2,1-3H3,(H,27,30). The van der Waals surface area contributed by atoms with Gasteiger partial charge in [-0.1, -0.05) is 29.8 Å². The van der Waals surface area contributed by atoms with Crippen molar-refractivity contribution in [2.75, 3.05) is 13.7 Å². The molecule has 4 aromatic rings. The van der Waals surface area contributed by atoms with Gasteiger partial charge in [0.1, 0.15) is 23.9 Å². The maximum atomic E-state index is 12.8. The van der Waals surface area contributed by atoms with E-state index in [1.165, 1.54) is 0 Å². The lowest BCUT2D eigenvalue weighted by Gasteiger charge is -2.17. The second-order valence-electron chi connectivity index (χ2n) is 7.70. The molecule has 1 aromatic heterocycles. The van der Waals surface area contributed by atoms with E-state index < -0.39 is 0 Å². The lowest BCUT2D eigenvalue weighted by atomic mass is 10.1. The number of nitrogens with zero attached hydrogens (tertiary/aromatic N) is 2. The van der Waals surface area contributed by atoms with Crippen molar-refractivity contribution in [2.24, 2.45) is 0 Å². The highest BCUT2D eigenvalue weighted by atomic mass is 16.5. The number of carbonyl (C=O) groups is 1. The Hall–Kier alpha value is -3.80. The minimum absolute atomic E-state index is 0.116. The second kappa shape index (κ2) is 9.56. The molecule has 0 radical (unpaired) electrons. The summed E-state index contributed by atoms with van der Waals surface area (Å²) in [5, 5.41) is 3.08. The molecule has 0 spiro atoms. The monoisotopic (exact) mass is 429 g/mol. The topological polar surface area (TPSA) is 65.4 Å². The minimum Gasteiger partial charge on any atom is -0.497 e. The third kappa shape index (κ3) is 4.75. The van der Waals surface area contributed by atoms with Crippen LogP contribution in [0.25, 0.3) is 11.0 Å². The van der Waals surface area contributed by atoms with Gasteiger partial charge >= 0.3 is 0 Å². The summed E-state index contributed by atoms with van der Waals surface area (Å²) in [5.41, 5.74) is 3.59. The number of nitrogens with one attached hydrogen (secondary N) is 1. The van der Waals surface area contributed by atoms with Gasteiger partial charge in [0.25, 0.3) is 5.91 Å². The van der Waals surface area contributed by atoms with E-state index in [2.05, 4.69) is 9.88 Å². The molecule has 6 heteroatoms. The molecule has 0 aliphatic rings. The van der Waals surface area contributed by atoms with Crippen LogP contribution in [0, 0.1) is 6.92 Å². The van der Waals surface area contributed by atoms with E-state index in [-0.39, 0.29) is 11.9 Å². The average Bonchev–Trinajstić information content (AvgIpc) is 3.18. The number of ether oxygens (including phenoxy) is 2. The van der Waals surface area contributed by atoms with Gasteiger partial charge in [0.2, 0.25) is 0 Å². The van der Waals surface area contributed by atoms with Gasteiger partial charge in [-0.05, 0) is 62.4 Å². The zero-order chi connectivity index (χ0) is 22.5. The first-order valence-corrected chi connectivity index (χ1v) is 10.6. The highest BCUT2D eigenvalue weighted by Crippen LogP contribution is 2.22. The zero-order valence-electron chi connectivity index (χ0n) is 18.5. The third-order valence-electron chi connectivity index (χ3n) is 5.34. The molecule has 0 aliphatic carbocycles. The number of para-hydroxylation sites is 2. The fourth-order valence-corrected chi connectivity index (χ4v) is 3.72. The van der Waals surface area contributed by atoms with E-state index in [1.54, 1.807) is 7.11 Å². The Morgan fingerprint density at radius 1 is 1.03 bits per heavy atom. The molecule has 164 valence electrons. The van der Waals surface area contributed by atoms with Crippen molar-refractivity contribution in [3.8, 4) is 11.5 Å². The first-order chi connectivity index (χ1) is 15.5. The van der Waals surface area contributed by atoms with E-state index in [4.69, 9.17) is 14.5 Å². The van der Waals surface area contributed by atoms with Crippen LogP contribution in [0.2, 0.25) is 0 Å². The number of benzene rings is 3. The molecule has 4 rings (SSSR count). The van der Waals surface area contributed by atoms with Crippen molar-refractivity contribution in [1.29, 1.82) is 0 Å². The van der Waals surface area contributed by atoms with Gasteiger partial charge in [0, 0.05) is 5.56 Å². The summed E-state index contributed by atoms with van der Waals surface area (Å²) in [6.45, 7) is 5.00. The van der Waals surface area contributed by atoms with E-state index >= 15 is 0 Å². The first kappa shape index (κ1) is 21.4. The van der Waals surface area contributed by atoms with Gasteiger partial charge in [-0.3, -0.25) is 4.79 Å². The maximum absolute atomic E-state index is 12.8. The third-order valence-corrected chi connectivity index (χ3v) is 5.34. The van der Waals surface area contributed by atoms with Crippen LogP contribution in [0.1, 0.15) is 34.7 Å². The summed E-state index contributed by atoms with van der Waals surface area (Å²) in [4.78, 5) is 17.6. The molecule has 1 heterocycles. The molecule has 0 saturated carbocycles. The number of methoxy groups -OCH3 is 1. The molecule has 0 aliphatic heterocycles. The van der Waals surface area contributed by atoms with Gasteiger partial charge in [0.05, 0.1) is 30.7 Å². The molecule has 32 heavy (non-hydrogen) atoms.